The Balaban J connectivity index is 2.76. The fraction of sp³-hybridized carbons (Fsp3) is 0.429. The van der Waals surface area contributed by atoms with Gasteiger partial charge in [0.05, 0.1) is 12.5 Å². The maximum atomic E-state index is 11.7. The molecule has 0 saturated heterocycles. The quantitative estimate of drug-likeness (QED) is 0.874. The van der Waals surface area contributed by atoms with Gasteiger partial charge in [-0.2, -0.15) is 0 Å². The SMILES string of the molecule is CC(C)(C)OC(=O)N[C@@H](CC(N)=O)c1ccccc1. The smallest absolute Gasteiger partial charge is 0.408 e. The zero-order valence-corrected chi connectivity index (χ0v) is 11.5. The monoisotopic (exact) mass is 264 g/mol. The summed E-state index contributed by atoms with van der Waals surface area (Å²) in [6.45, 7) is 5.33. The van der Waals surface area contributed by atoms with E-state index < -0.39 is 23.6 Å². The van der Waals surface area contributed by atoms with Crippen molar-refractivity contribution >= 4 is 12.0 Å². The highest BCUT2D eigenvalue weighted by Gasteiger charge is 2.21. The van der Waals surface area contributed by atoms with Crippen molar-refractivity contribution < 1.29 is 14.3 Å². The van der Waals surface area contributed by atoms with Crippen LogP contribution in [0.15, 0.2) is 30.3 Å². The second-order valence-electron chi connectivity index (χ2n) is 5.28. The summed E-state index contributed by atoms with van der Waals surface area (Å²) in [6.07, 6.45) is -0.536. The molecular formula is C14H20N2O3. The molecule has 5 nitrogen and oxygen atoms in total. The molecule has 0 fully saturated rings. The molecule has 3 N–H and O–H groups in total. The van der Waals surface area contributed by atoms with Crippen molar-refractivity contribution in [2.75, 3.05) is 0 Å². The number of ether oxygens (including phenoxy) is 1. The molecule has 0 radical (unpaired) electrons. The van der Waals surface area contributed by atoms with Crippen molar-refractivity contribution in [3.63, 3.8) is 0 Å². The van der Waals surface area contributed by atoms with Gasteiger partial charge in [0.1, 0.15) is 5.60 Å². The normalized spacial score (nSPS) is 12.6. The van der Waals surface area contributed by atoms with Crippen LogP contribution in [-0.4, -0.2) is 17.6 Å². The van der Waals surface area contributed by atoms with Gasteiger partial charge in [-0.1, -0.05) is 30.3 Å². The first kappa shape index (κ1) is 15.0. The molecule has 0 saturated carbocycles. The van der Waals surface area contributed by atoms with Crippen LogP contribution in [0.5, 0.6) is 0 Å². The van der Waals surface area contributed by atoms with E-state index in [1.54, 1.807) is 20.8 Å². The molecule has 1 aromatic carbocycles. The van der Waals surface area contributed by atoms with Crippen LogP contribution in [0.3, 0.4) is 0 Å². The molecule has 1 atom stereocenters. The number of carbonyl (C=O) groups excluding carboxylic acids is 2. The molecule has 0 aliphatic rings. The third kappa shape index (κ3) is 5.90. The predicted molar refractivity (Wildman–Crippen MR) is 72.4 cm³/mol. The fourth-order valence-corrected chi connectivity index (χ4v) is 1.59. The van der Waals surface area contributed by atoms with Crippen LogP contribution in [-0.2, 0) is 9.53 Å². The number of nitrogens with two attached hydrogens (primary N) is 1. The molecule has 1 rings (SSSR count). The summed E-state index contributed by atoms with van der Waals surface area (Å²) in [6, 6.07) is 8.70. The van der Waals surface area contributed by atoms with Crippen LogP contribution in [0.2, 0.25) is 0 Å². The average Bonchev–Trinajstić information content (AvgIpc) is 2.26. The molecular weight excluding hydrogens is 244 g/mol. The van der Waals surface area contributed by atoms with Gasteiger partial charge in [0.15, 0.2) is 0 Å². The summed E-state index contributed by atoms with van der Waals surface area (Å²) in [5.74, 6) is -0.482. The Kier molecular flexibility index (Phi) is 4.92. The summed E-state index contributed by atoms with van der Waals surface area (Å²) in [5.41, 5.74) is 5.43. The van der Waals surface area contributed by atoms with E-state index in [1.807, 2.05) is 30.3 Å². The number of hydrogen-bond donors (Lipinski definition) is 2. The molecule has 0 spiro atoms. The average molecular weight is 264 g/mol. The van der Waals surface area contributed by atoms with E-state index in [9.17, 15) is 9.59 Å². The Hall–Kier alpha value is -2.04. The number of carbonyl (C=O) groups is 2. The molecule has 0 unspecified atom stereocenters. The summed E-state index contributed by atoms with van der Waals surface area (Å²) >= 11 is 0. The highest BCUT2D eigenvalue weighted by Crippen LogP contribution is 2.17. The van der Waals surface area contributed by atoms with Crippen LogP contribution in [0.1, 0.15) is 38.8 Å². The third-order valence-corrected chi connectivity index (χ3v) is 2.30. The topological polar surface area (TPSA) is 81.4 Å². The molecule has 0 bridgehead atoms. The van der Waals surface area contributed by atoms with Gasteiger partial charge >= 0.3 is 6.09 Å². The lowest BCUT2D eigenvalue weighted by Gasteiger charge is -2.23. The second-order valence-corrected chi connectivity index (χ2v) is 5.28. The Morgan fingerprint density at radius 1 is 1.26 bits per heavy atom. The molecule has 0 heterocycles. The van der Waals surface area contributed by atoms with Crippen molar-refractivity contribution in [2.24, 2.45) is 5.73 Å². The van der Waals surface area contributed by atoms with Gasteiger partial charge < -0.3 is 15.8 Å². The van der Waals surface area contributed by atoms with Crippen LogP contribution in [0, 0.1) is 0 Å². The summed E-state index contributed by atoms with van der Waals surface area (Å²) < 4.78 is 5.17. The summed E-state index contributed by atoms with van der Waals surface area (Å²) in [5, 5.41) is 2.66. The lowest BCUT2D eigenvalue weighted by Crippen LogP contribution is -2.36. The van der Waals surface area contributed by atoms with E-state index in [4.69, 9.17) is 10.5 Å². The minimum Gasteiger partial charge on any atom is -0.444 e. The van der Waals surface area contributed by atoms with Gasteiger partial charge in [0.2, 0.25) is 5.91 Å². The van der Waals surface area contributed by atoms with E-state index in [2.05, 4.69) is 5.32 Å². The van der Waals surface area contributed by atoms with E-state index in [0.717, 1.165) is 5.56 Å². The highest BCUT2D eigenvalue weighted by molar-refractivity contribution is 5.76. The van der Waals surface area contributed by atoms with Crippen molar-refractivity contribution in [1.29, 1.82) is 0 Å². The number of rotatable bonds is 4. The number of alkyl carbamates (subject to hydrolysis) is 1. The Labute approximate surface area is 113 Å². The van der Waals surface area contributed by atoms with E-state index in [1.165, 1.54) is 0 Å². The van der Waals surface area contributed by atoms with E-state index in [0.29, 0.717) is 0 Å². The standard InChI is InChI=1S/C14H20N2O3/c1-14(2,3)19-13(18)16-11(9-12(15)17)10-7-5-4-6-8-10/h4-8,11H,9H2,1-3H3,(H2,15,17)(H,16,18)/t11-/m0/s1. The number of nitrogens with one attached hydrogen (secondary N) is 1. The maximum absolute atomic E-state index is 11.7. The minimum atomic E-state index is -0.585. The maximum Gasteiger partial charge on any atom is 0.408 e. The van der Waals surface area contributed by atoms with Crippen LogP contribution >= 0.6 is 0 Å². The van der Waals surface area contributed by atoms with Crippen molar-refractivity contribution in [2.45, 2.75) is 38.8 Å². The van der Waals surface area contributed by atoms with Crippen molar-refractivity contribution in [3.8, 4) is 0 Å². The van der Waals surface area contributed by atoms with Gasteiger partial charge in [0.25, 0.3) is 0 Å². The molecule has 5 heteroatoms. The zero-order chi connectivity index (χ0) is 14.5. The summed E-state index contributed by atoms with van der Waals surface area (Å²) in [4.78, 5) is 22.8. The van der Waals surface area contributed by atoms with Gasteiger partial charge in [-0.25, -0.2) is 4.79 Å². The van der Waals surface area contributed by atoms with Crippen LogP contribution < -0.4 is 11.1 Å². The number of hydrogen-bond acceptors (Lipinski definition) is 3. The second kappa shape index (κ2) is 6.22. The molecule has 2 amide bonds. The summed E-state index contributed by atoms with van der Waals surface area (Å²) in [7, 11) is 0. The lowest BCUT2D eigenvalue weighted by molar-refractivity contribution is -0.118. The molecule has 1 aromatic rings. The van der Waals surface area contributed by atoms with E-state index in [-0.39, 0.29) is 6.42 Å². The Bertz CT molecular complexity index is 438. The Morgan fingerprint density at radius 2 is 1.84 bits per heavy atom. The molecule has 19 heavy (non-hydrogen) atoms. The highest BCUT2D eigenvalue weighted by atomic mass is 16.6. The Morgan fingerprint density at radius 3 is 2.32 bits per heavy atom. The van der Waals surface area contributed by atoms with E-state index >= 15 is 0 Å². The first-order chi connectivity index (χ1) is 8.78. The molecule has 0 aromatic heterocycles. The fourth-order valence-electron chi connectivity index (χ4n) is 1.59. The molecule has 0 aliphatic carbocycles. The number of primary amides is 1. The van der Waals surface area contributed by atoms with Gasteiger partial charge in [0, 0.05) is 0 Å². The van der Waals surface area contributed by atoms with Crippen LogP contribution in [0.4, 0.5) is 4.79 Å². The van der Waals surface area contributed by atoms with Crippen molar-refractivity contribution in [1.82, 2.24) is 5.32 Å². The molecule has 0 aliphatic heterocycles. The van der Waals surface area contributed by atoms with Crippen molar-refractivity contribution in [3.05, 3.63) is 35.9 Å². The van der Waals surface area contributed by atoms with Gasteiger partial charge in [-0.3, -0.25) is 4.79 Å². The number of benzene rings is 1. The first-order valence-corrected chi connectivity index (χ1v) is 6.11. The number of amides is 2. The zero-order valence-electron chi connectivity index (χ0n) is 11.5. The predicted octanol–water partition coefficient (Wildman–Crippen LogP) is 2.13. The van der Waals surface area contributed by atoms with Gasteiger partial charge in [-0.15, -0.1) is 0 Å². The van der Waals surface area contributed by atoms with Crippen LogP contribution in [0.25, 0.3) is 0 Å². The molecule has 104 valence electrons. The lowest BCUT2D eigenvalue weighted by atomic mass is 10.0. The first-order valence-electron chi connectivity index (χ1n) is 6.11. The minimum absolute atomic E-state index is 0.0310. The largest absolute Gasteiger partial charge is 0.444 e. The third-order valence-electron chi connectivity index (χ3n) is 2.30. The van der Waals surface area contributed by atoms with Gasteiger partial charge in [-0.05, 0) is 26.3 Å².